The molecule has 10 heteroatoms. The number of fused-ring (bicyclic) bond motifs is 2. The number of aromatic nitrogens is 2. The SMILES string of the molecule is CC1Cc2cc(S(N)(=O)=O)ccc2N1C(=O)CSc1ncnc2ccsc12. The predicted octanol–water partition coefficient (Wildman–Crippen LogP) is 2.41. The number of hydrogen-bond acceptors (Lipinski definition) is 7. The number of thioether (sulfide) groups is 1. The average molecular weight is 421 g/mol. The summed E-state index contributed by atoms with van der Waals surface area (Å²) < 4.78 is 24.1. The first kappa shape index (κ1) is 18.4. The first-order valence-corrected chi connectivity index (χ1v) is 11.5. The van der Waals surface area contributed by atoms with Crippen LogP contribution in [0.1, 0.15) is 12.5 Å². The lowest BCUT2D eigenvalue weighted by Crippen LogP contribution is -2.37. The molecule has 1 amide bonds. The third kappa shape index (κ3) is 3.45. The number of hydrogen-bond donors (Lipinski definition) is 1. The van der Waals surface area contributed by atoms with E-state index in [1.807, 2.05) is 18.4 Å². The van der Waals surface area contributed by atoms with Crippen LogP contribution >= 0.6 is 23.1 Å². The lowest BCUT2D eigenvalue weighted by atomic mass is 10.1. The number of primary sulfonamides is 1. The van der Waals surface area contributed by atoms with Gasteiger partial charge in [0.25, 0.3) is 0 Å². The van der Waals surface area contributed by atoms with E-state index in [1.165, 1.54) is 24.2 Å². The van der Waals surface area contributed by atoms with E-state index >= 15 is 0 Å². The summed E-state index contributed by atoms with van der Waals surface area (Å²) in [7, 11) is -3.76. The van der Waals surface area contributed by atoms with Crippen molar-refractivity contribution in [2.24, 2.45) is 5.14 Å². The summed E-state index contributed by atoms with van der Waals surface area (Å²) in [4.78, 5) is 23.2. The van der Waals surface area contributed by atoms with Crippen molar-refractivity contribution in [1.29, 1.82) is 0 Å². The fourth-order valence-corrected chi connectivity index (χ4v) is 5.60. The third-order valence-corrected chi connectivity index (χ3v) is 7.33. The molecular weight excluding hydrogens is 404 g/mol. The number of anilines is 1. The first-order valence-electron chi connectivity index (χ1n) is 8.13. The lowest BCUT2D eigenvalue weighted by Gasteiger charge is -2.22. The molecular formula is C17H16N4O3S3. The van der Waals surface area contributed by atoms with Gasteiger partial charge >= 0.3 is 0 Å². The number of nitrogens with zero attached hydrogens (tertiary/aromatic N) is 3. The van der Waals surface area contributed by atoms with Gasteiger partial charge in [-0.1, -0.05) is 11.8 Å². The zero-order valence-electron chi connectivity index (χ0n) is 14.3. The highest BCUT2D eigenvalue weighted by atomic mass is 32.2. The number of thiophene rings is 1. The number of sulfonamides is 1. The van der Waals surface area contributed by atoms with Crippen LogP contribution in [0.25, 0.3) is 10.2 Å². The Morgan fingerprint density at radius 1 is 1.37 bits per heavy atom. The highest BCUT2D eigenvalue weighted by molar-refractivity contribution is 8.00. The van der Waals surface area contributed by atoms with E-state index in [4.69, 9.17) is 5.14 Å². The molecule has 2 N–H and O–H groups in total. The summed E-state index contributed by atoms with van der Waals surface area (Å²) in [6, 6.07) is 6.54. The number of benzene rings is 1. The van der Waals surface area contributed by atoms with Gasteiger partial charge in [0.2, 0.25) is 15.9 Å². The molecule has 0 aliphatic carbocycles. The molecule has 27 heavy (non-hydrogen) atoms. The Balaban J connectivity index is 1.56. The van der Waals surface area contributed by atoms with E-state index in [1.54, 1.807) is 28.4 Å². The number of carbonyl (C=O) groups excluding carboxylic acids is 1. The smallest absolute Gasteiger partial charge is 0.238 e. The maximum Gasteiger partial charge on any atom is 0.238 e. The Labute approximate surface area is 164 Å². The van der Waals surface area contributed by atoms with Crippen molar-refractivity contribution in [3.63, 3.8) is 0 Å². The van der Waals surface area contributed by atoms with Crippen LogP contribution in [0.4, 0.5) is 5.69 Å². The fraction of sp³-hybridized carbons (Fsp3) is 0.235. The van der Waals surface area contributed by atoms with Crippen molar-refractivity contribution >= 4 is 54.9 Å². The zero-order chi connectivity index (χ0) is 19.2. The Bertz CT molecular complexity index is 1140. The van der Waals surface area contributed by atoms with Crippen LogP contribution < -0.4 is 10.0 Å². The largest absolute Gasteiger partial charge is 0.308 e. The first-order chi connectivity index (χ1) is 12.8. The third-order valence-electron chi connectivity index (χ3n) is 4.41. The lowest BCUT2D eigenvalue weighted by molar-refractivity contribution is -0.116. The van der Waals surface area contributed by atoms with Crippen molar-refractivity contribution in [3.8, 4) is 0 Å². The fourth-order valence-electron chi connectivity index (χ4n) is 3.23. The standard InChI is InChI=1S/C17H16N4O3S3/c1-10-6-11-7-12(27(18,23)24)2-3-14(11)21(10)15(22)8-26-17-16-13(4-5-25-16)19-9-20-17/h2-5,7,9-10H,6,8H2,1H3,(H2,18,23,24). The Morgan fingerprint density at radius 3 is 2.96 bits per heavy atom. The molecule has 0 spiro atoms. The Kier molecular flexibility index (Phi) is 4.66. The van der Waals surface area contributed by atoms with Gasteiger partial charge in [-0.05, 0) is 48.6 Å². The molecule has 1 aliphatic heterocycles. The molecule has 3 heterocycles. The van der Waals surface area contributed by atoms with Crippen molar-refractivity contribution in [3.05, 3.63) is 41.5 Å². The van der Waals surface area contributed by atoms with Gasteiger partial charge in [0.05, 0.1) is 20.9 Å². The number of nitrogens with two attached hydrogens (primary N) is 1. The molecule has 140 valence electrons. The molecule has 1 aromatic carbocycles. The van der Waals surface area contributed by atoms with Gasteiger partial charge < -0.3 is 4.90 Å². The van der Waals surface area contributed by atoms with E-state index in [2.05, 4.69) is 9.97 Å². The van der Waals surface area contributed by atoms with Gasteiger partial charge in [-0.2, -0.15) is 0 Å². The second kappa shape index (κ2) is 6.86. The summed E-state index contributed by atoms with van der Waals surface area (Å²) >= 11 is 2.94. The number of rotatable bonds is 4. The average Bonchev–Trinajstić information content (AvgIpc) is 3.21. The molecule has 2 aromatic heterocycles. The van der Waals surface area contributed by atoms with Crippen LogP contribution in [-0.2, 0) is 21.2 Å². The minimum absolute atomic E-state index is 0.0436. The van der Waals surface area contributed by atoms with Crippen LogP contribution in [0.5, 0.6) is 0 Å². The molecule has 0 bridgehead atoms. The molecule has 0 radical (unpaired) electrons. The minimum Gasteiger partial charge on any atom is -0.308 e. The maximum absolute atomic E-state index is 12.9. The molecule has 1 aliphatic rings. The van der Waals surface area contributed by atoms with Gasteiger partial charge in [0.15, 0.2) is 0 Å². The van der Waals surface area contributed by atoms with Crippen molar-refractivity contribution in [2.75, 3.05) is 10.7 Å². The van der Waals surface area contributed by atoms with E-state index in [0.29, 0.717) is 6.42 Å². The zero-order valence-corrected chi connectivity index (χ0v) is 16.8. The van der Waals surface area contributed by atoms with Gasteiger partial charge in [0.1, 0.15) is 11.4 Å². The molecule has 0 fully saturated rings. The highest BCUT2D eigenvalue weighted by Gasteiger charge is 2.31. The van der Waals surface area contributed by atoms with Gasteiger partial charge in [-0.15, -0.1) is 11.3 Å². The molecule has 0 saturated carbocycles. The van der Waals surface area contributed by atoms with Crippen LogP contribution in [-0.4, -0.2) is 36.1 Å². The van der Waals surface area contributed by atoms with Crippen LogP contribution in [0, 0.1) is 0 Å². The molecule has 4 rings (SSSR count). The van der Waals surface area contributed by atoms with E-state index < -0.39 is 10.0 Å². The van der Waals surface area contributed by atoms with Crippen molar-refractivity contribution in [1.82, 2.24) is 9.97 Å². The summed E-state index contributed by atoms with van der Waals surface area (Å²) in [5.41, 5.74) is 2.43. The molecule has 1 atom stereocenters. The van der Waals surface area contributed by atoms with Gasteiger partial charge in [-0.25, -0.2) is 23.5 Å². The van der Waals surface area contributed by atoms with Crippen molar-refractivity contribution < 1.29 is 13.2 Å². The Morgan fingerprint density at radius 2 is 2.19 bits per heavy atom. The summed E-state index contributed by atoms with van der Waals surface area (Å²) in [6.45, 7) is 1.95. The number of carbonyl (C=O) groups is 1. The summed E-state index contributed by atoms with van der Waals surface area (Å²) in [6.07, 6.45) is 2.10. The van der Waals surface area contributed by atoms with Crippen LogP contribution in [0.2, 0.25) is 0 Å². The van der Waals surface area contributed by atoms with E-state index in [9.17, 15) is 13.2 Å². The van der Waals surface area contributed by atoms with E-state index in [0.717, 1.165) is 26.5 Å². The van der Waals surface area contributed by atoms with Crippen molar-refractivity contribution in [2.45, 2.75) is 29.3 Å². The molecule has 7 nitrogen and oxygen atoms in total. The highest BCUT2D eigenvalue weighted by Crippen LogP contribution is 2.35. The van der Waals surface area contributed by atoms with E-state index in [-0.39, 0.29) is 22.6 Å². The molecule has 0 saturated heterocycles. The summed E-state index contributed by atoms with van der Waals surface area (Å²) in [5.74, 6) is 0.197. The topological polar surface area (TPSA) is 106 Å². The van der Waals surface area contributed by atoms with Crippen LogP contribution in [0.15, 0.2) is 45.9 Å². The maximum atomic E-state index is 12.9. The second-order valence-electron chi connectivity index (χ2n) is 6.25. The predicted molar refractivity (Wildman–Crippen MR) is 107 cm³/mol. The monoisotopic (exact) mass is 420 g/mol. The Hall–Kier alpha value is -2.01. The second-order valence-corrected chi connectivity index (χ2v) is 9.70. The minimum atomic E-state index is -3.76. The van der Waals surface area contributed by atoms with Crippen LogP contribution in [0.3, 0.4) is 0 Å². The normalized spacial score (nSPS) is 16.7. The molecule has 3 aromatic rings. The summed E-state index contributed by atoms with van der Waals surface area (Å²) in [5, 5.41) is 7.95. The molecule has 1 unspecified atom stereocenters. The van der Waals surface area contributed by atoms with Gasteiger partial charge in [-0.3, -0.25) is 4.79 Å². The quantitative estimate of drug-likeness (QED) is 0.513. The van der Waals surface area contributed by atoms with Gasteiger partial charge in [0, 0.05) is 11.7 Å². The number of amides is 1.